The molecular formula is C17H28N4O. The molecule has 0 saturated carbocycles. The highest BCUT2D eigenvalue weighted by molar-refractivity contribution is 5.84. The van der Waals surface area contributed by atoms with Crippen molar-refractivity contribution in [2.45, 2.75) is 26.8 Å². The van der Waals surface area contributed by atoms with Crippen molar-refractivity contribution in [3.8, 4) is 0 Å². The number of hydrogen-bond donors (Lipinski definition) is 1. The number of aliphatic imine (C=N–C) groups is 1. The minimum atomic E-state index is -0.00361. The summed E-state index contributed by atoms with van der Waals surface area (Å²) >= 11 is 0. The van der Waals surface area contributed by atoms with E-state index >= 15 is 0 Å². The molecule has 1 amide bonds. The third-order valence-corrected chi connectivity index (χ3v) is 3.41. The third kappa shape index (κ3) is 5.76. The number of rotatable bonds is 6. The Kier molecular flexibility index (Phi) is 7.43. The van der Waals surface area contributed by atoms with Gasteiger partial charge in [0.15, 0.2) is 5.96 Å². The number of likely N-dealkylation sites (N-methyl/N-ethyl adjacent to an activating group) is 1. The molecule has 122 valence electrons. The maximum atomic E-state index is 11.7. The van der Waals surface area contributed by atoms with Crippen LogP contribution in [0.2, 0.25) is 0 Å². The molecule has 0 spiro atoms. The predicted molar refractivity (Wildman–Crippen MR) is 92.0 cm³/mol. The van der Waals surface area contributed by atoms with E-state index in [1.54, 1.807) is 19.0 Å². The van der Waals surface area contributed by atoms with Crippen LogP contribution in [0.5, 0.6) is 0 Å². The third-order valence-electron chi connectivity index (χ3n) is 3.41. The Bertz CT molecular complexity index is 494. The van der Waals surface area contributed by atoms with Gasteiger partial charge in [0.05, 0.1) is 0 Å². The first-order chi connectivity index (χ1) is 10.5. The molecule has 0 unspecified atom stereocenters. The first kappa shape index (κ1) is 18.0. The van der Waals surface area contributed by atoms with Crippen LogP contribution >= 0.6 is 0 Å². The maximum Gasteiger partial charge on any atom is 0.243 e. The zero-order valence-electron chi connectivity index (χ0n) is 14.4. The number of carbonyl (C=O) groups is 1. The van der Waals surface area contributed by atoms with Gasteiger partial charge in [-0.2, -0.15) is 0 Å². The van der Waals surface area contributed by atoms with Gasteiger partial charge in [0.2, 0.25) is 5.91 Å². The van der Waals surface area contributed by atoms with E-state index < -0.39 is 0 Å². The largest absolute Gasteiger partial charge is 0.357 e. The summed E-state index contributed by atoms with van der Waals surface area (Å²) < 4.78 is 0. The van der Waals surface area contributed by atoms with Crippen molar-refractivity contribution in [1.29, 1.82) is 0 Å². The summed E-state index contributed by atoms with van der Waals surface area (Å²) in [6.45, 7) is 5.86. The molecule has 1 rings (SSSR count). The molecule has 0 aliphatic rings. The molecule has 0 aliphatic carbocycles. The van der Waals surface area contributed by atoms with Crippen molar-refractivity contribution < 1.29 is 4.79 Å². The van der Waals surface area contributed by atoms with Crippen LogP contribution in [0.4, 0.5) is 0 Å². The Hall–Kier alpha value is -2.04. The van der Waals surface area contributed by atoms with Gasteiger partial charge in [0.1, 0.15) is 6.54 Å². The van der Waals surface area contributed by atoms with Crippen molar-refractivity contribution in [3.63, 3.8) is 0 Å². The fourth-order valence-corrected chi connectivity index (χ4v) is 1.98. The van der Waals surface area contributed by atoms with Crippen molar-refractivity contribution >= 4 is 11.9 Å². The number of guanidine groups is 1. The van der Waals surface area contributed by atoms with Crippen molar-refractivity contribution in [1.82, 2.24) is 15.1 Å². The second kappa shape index (κ2) is 9.07. The minimum Gasteiger partial charge on any atom is -0.357 e. The number of carbonyl (C=O) groups excluding carboxylic acids is 1. The second-order valence-corrected chi connectivity index (χ2v) is 5.48. The Morgan fingerprint density at radius 2 is 1.68 bits per heavy atom. The van der Waals surface area contributed by atoms with Crippen LogP contribution in [0.25, 0.3) is 0 Å². The standard InChI is InChI=1S/C17H28N4O/c1-6-14-8-10-15(11-9-14)13-21(5)17(18-7-2)19-12-16(22)20(3)4/h8-11H,6-7,12-13H2,1-5H3,(H,18,19). The first-order valence-corrected chi connectivity index (χ1v) is 7.75. The lowest BCUT2D eigenvalue weighted by atomic mass is 10.1. The summed E-state index contributed by atoms with van der Waals surface area (Å²) in [5, 5.41) is 3.22. The fourth-order valence-electron chi connectivity index (χ4n) is 1.98. The molecule has 0 radical (unpaired) electrons. The van der Waals surface area contributed by atoms with Gasteiger partial charge in [0.25, 0.3) is 0 Å². The van der Waals surface area contributed by atoms with Gasteiger partial charge in [-0.05, 0) is 24.5 Å². The Balaban J connectivity index is 2.72. The van der Waals surface area contributed by atoms with Gasteiger partial charge in [-0.25, -0.2) is 4.99 Å². The molecule has 0 heterocycles. The molecule has 0 aliphatic heterocycles. The zero-order valence-corrected chi connectivity index (χ0v) is 14.4. The van der Waals surface area contributed by atoms with Gasteiger partial charge < -0.3 is 15.1 Å². The number of hydrogen-bond acceptors (Lipinski definition) is 2. The lowest BCUT2D eigenvalue weighted by Crippen LogP contribution is -2.39. The topological polar surface area (TPSA) is 47.9 Å². The summed E-state index contributed by atoms with van der Waals surface area (Å²) in [6.07, 6.45) is 1.05. The number of benzene rings is 1. The molecule has 0 bridgehead atoms. The van der Waals surface area contributed by atoms with Gasteiger partial charge in [0, 0.05) is 34.2 Å². The highest BCUT2D eigenvalue weighted by Crippen LogP contribution is 2.07. The van der Waals surface area contributed by atoms with E-state index in [4.69, 9.17) is 0 Å². The number of amides is 1. The lowest BCUT2D eigenvalue weighted by molar-refractivity contribution is -0.127. The Labute approximate surface area is 134 Å². The van der Waals surface area contributed by atoms with Crippen LogP contribution in [0.15, 0.2) is 29.3 Å². The van der Waals surface area contributed by atoms with Crippen LogP contribution in [0.3, 0.4) is 0 Å². The van der Waals surface area contributed by atoms with E-state index in [0.29, 0.717) is 0 Å². The van der Waals surface area contributed by atoms with Crippen LogP contribution in [-0.2, 0) is 17.8 Å². The second-order valence-electron chi connectivity index (χ2n) is 5.48. The Morgan fingerprint density at radius 1 is 1.09 bits per heavy atom. The van der Waals surface area contributed by atoms with Gasteiger partial charge in [-0.1, -0.05) is 31.2 Å². The minimum absolute atomic E-state index is 0.00361. The quantitative estimate of drug-likeness (QED) is 0.643. The maximum absolute atomic E-state index is 11.7. The molecule has 0 fully saturated rings. The number of nitrogens with one attached hydrogen (secondary N) is 1. The van der Waals surface area contributed by atoms with Crippen LogP contribution < -0.4 is 5.32 Å². The average Bonchev–Trinajstić information content (AvgIpc) is 2.51. The smallest absolute Gasteiger partial charge is 0.243 e. The zero-order chi connectivity index (χ0) is 16.5. The normalized spacial score (nSPS) is 11.2. The number of aryl methyl sites for hydroxylation is 1. The highest BCUT2D eigenvalue weighted by Gasteiger charge is 2.09. The van der Waals surface area contributed by atoms with Crippen LogP contribution in [0, 0.1) is 0 Å². The predicted octanol–water partition coefficient (Wildman–Crippen LogP) is 1.73. The average molecular weight is 304 g/mol. The van der Waals surface area contributed by atoms with Crippen molar-refractivity contribution in [2.75, 3.05) is 34.2 Å². The summed E-state index contributed by atoms with van der Waals surface area (Å²) in [5.74, 6) is 0.744. The fraction of sp³-hybridized carbons (Fsp3) is 0.529. The molecule has 0 aromatic heterocycles. The van der Waals surface area contributed by atoms with E-state index in [2.05, 4.69) is 41.5 Å². The molecule has 1 aromatic carbocycles. The summed E-state index contributed by atoms with van der Waals surface area (Å²) in [7, 11) is 5.46. The molecule has 22 heavy (non-hydrogen) atoms. The molecule has 5 heteroatoms. The van der Waals surface area contributed by atoms with E-state index in [1.165, 1.54) is 11.1 Å². The summed E-state index contributed by atoms with van der Waals surface area (Å²) in [5.41, 5.74) is 2.56. The molecule has 5 nitrogen and oxygen atoms in total. The molecule has 0 atom stereocenters. The molecular weight excluding hydrogens is 276 g/mol. The van der Waals surface area contributed by atoms with Gasteiger partial charge in [-0.3, -0.25) is 4.79 Å². The summed E-state index contributed by atoms with van der Waals surface area (Å²) in [6, 6.07) is 8.60. The molecule has 0 saturated heterocycles. The molecule has 1 aromatic rings. The van der Waals surface area contributed by atoms with Crippen LogP contribution in [-0.4, -0.2) is 55.9 Å². The van der Waals surface area contributed by atoms with E-state index in [0.717, 1.165) is 25.5 Å². The number of nitrogens with zero attached hydrogens (tertiary/aromatic N) is 3. The first-order valence-electron chi connectivity index (χ1n) is 7.75. The van der Waals surface area contributed by atoms with Gasteiger partial charge >= 0.3 is 0 Å². The van der Waals surface area contributed by atoms with Crippen LogP contribution in [0.1, 0.15) is 25.0 Å². The summed E-state index contributed by atoms with van der Waals surface area (Å²) in [4.78, 5) is 19.7. The lowest BCUT2D eigenvalue weighted by Gasteiger charge is -2.22. The SMILES string of the molecule is CCNC(=NCC(=O)N(C)C)N(C)Cc1ccc(CC)cc1. The monoisotopic (exact) mass is 304 g/mol. The van der Waals surface area contributed by atoms with Crippen molar-refractivity contribution in [3.05, 3.63) is 35.4 Å². The van der Waals surface area contributed by atoms with Crippen molar-refractivity contribution in [2.24, 2.45) is 4.99 Å². The van der Waals surface area contributed by atoms with Gasteiger partial charge in [-0.15, -0.1) is 0 Å². The Morgan fingerprint density at radius 3 is 2.18 bits per heavy atom. The highest BCUT2D eigenvalue weighted by atomic mass is 16.2. The molecule has 1 N–H and O–H groups in total. The van der Waals surface area contributed by atoms with E-state index in [1.807, 2.05) is 18.9 Å². The van der Waals surface area contributed by atoms with E-state index in [9.17, 15) is 4.79 Å². The van der Waals surface area contributed by atoms with E-state index in [-0.39, 0.29) is 12.5 Å².